The molecule has 1 amide bonds. The summed E-state index contributed by atoms with van der Waals surface area (Å²) in [7, 11) is 0. The zero-order valence-corrected chi connectivity index (χ0v) is 15.4. The van der Waals surface area contributed by atoms with Gasteiger partial charge in [0.15, 0.2) is 0 Å². The third-order valence-corrected chi connectivity index (χ3v) is 4.68. The summed E-state index contributed by atoms with van der Waals surface area (Å²) in [5.74, 6) is 0.528. The number of nitrogens with zero attached hydrogens (tertiary/aromatic N) is 2. The normalized spacial score (nSPS) is 11.2. The van der Waals surface area contributed by atoms with Crippen molar-refractivity contribution in [2.45, 2.75) is 33.4 Å². The topological polar surface area (TPSA) is 45.2 Å². The van der Waals surface area contributed by atoms with E-state index in [1.54, 1.807) is 23.6 Å². The first kappa shape index (κ1) is 17.1. The molecule has 0 atom stereocenters. The first-order chi connectivity index (χ1) is 10.4. The van der Waals surface area contributed by atoms with Crippen molar-refractivity contribution in [1.82, 2.24) is 9.88 Å². The second kappa shape index (κ2) is 7.85. The Morgan fingerprint density at radius 2 is 2.14 bits per heavy atom. The van der Waals surface area contributed by atoms with Gasteiger partial charge in [0.1, 0.15) is 5.82 Å². The van der Waals surface area contributed by atoms with Gasteiger partial charge in [-0.25, -0.2) is 4.98 Å². The van der Waals surface area contributed by atoms with Crippen LogP contribution >= 0.6 is 27.3 Å². The Hall–Kier alpha value is -1.24. The molecule has 22 heavy (non-hydrogen) atoms. The number of thiophene rings is 1. The van der Waals surface area contributed by atoms with Crippen LogP contribution in [-0.2, 0) is 11.3 Å². The average Bonchev–Trinajstić information content (AvgIpc) is 2.86. The fourth-order valence-corrected chi connectivity index (χ4v) is 3.16. The van der Waals surface area contributed by atoms with Crippen molar-refractivity contribution >= 4 is 39.0 Å². The first-order valence-electron chi connectivity index (χ1n) is 7.15. The van der Waals surface area contributed by atoms with E-state index >= 15 is 0 Å². The fraction of sp³-hybridized carbons (Fsp3) is 0.375. The van der Waals surface area contributed by atoms with Gasteiger partial charge in [-0.1, -0.05) is 0 Å². The molecule has 0 aliphatic rings. The number of halogens is 1. The van der Waals surface area contributed by atoms with Crippen molar-refractivity contribution in [2.75, 3.05) is 11.9 Å². The minimum atomic E-state index is -0.0446. The van der Waals surface area contributed by atoms with Gasteiger partial charge in [0.25, 0.3) is 0 Å². The molecule has 0 saturated carbocycles. The lowest BCUT2D eigenvalue weighted by molar-refractivity contribution is -0.117. The van der Waals surface area contributed by atoms with Crippen molar-refractivity contribution in [2.24, 2.45) is 0 Å². The maximum atomic E-state index is 12.2. The summed E-state index contributed by atoms with van der Waals surface area (Å²) >= 11 is 5.10. The zero-order valence-electron chi connectivity index (χ0n) is 13.0. The first-order valence-corrected chi connectivity index (χ1v) is 8.76. The monoisotopic (exact) mass is 381 g/mol. The molecular formula is C16H20BrN3OS. The minimum Gasteiger partial charge on any atom is -0.310 e. The number of aromatic nitrogens is 1. The van der Waals surface area contributed by atoms with E-state index in [2.05, 4.69) is 64.0 Å². The van der Waals surface area contributed by atoms with Gasteiger partial charge in [-0.15, -0.1) is 11.3 Å². The zero-order chi connectivity index (χ0) is 16.1. The Labute approximate surface area is 143 Å². The van der Waals surface area contributed by atoms with Crippen LogP contribution in [0.25, 0.3) is 0 Å². The Kier molecular flexibility index (Phi) is 6.11. The van der Waals surface area contributed by atoms with Crippen LogP contribution in [0.4, 0.5) is 5.82 Å². The molecule has 6 heteroatoms. The fourth-order valence-electron chi connectivity index (χ4n) is 2.01. The maximum absolute atomic E-state index is 12.2. The predicted molar refractivity (Wildman–Crippen MR) is 95.2 cm³/mol. The number of aryl methyl sites for hydroxylation is 1. The van der Waals surface area contributed by atoms with Crippen LogP contribution in [0.2, 0.25) is 0 Å². The highest BCUT2D eigenvalue weighted by Gasteiger charge is 2.15. The highest BCUT2D eigenvalue weighted by atomic mass is 79.9. The molecule has 0 radical (unpaired) electrons. The molecule has 118 valence electrons. The van der Waals surface area contributed by atoms with Crippen molar-refractivity contribution in [3.63, 3.8) is 0 Å². The molecule has 2 aromatic rings. The summed E-state index contributed by atoms with van der Waals surface area (Å²) in [5.41, 5.74) is 0. The molecule has 1 N–H and O–H groups in total. The Bertz CT molecular complexity index is 625. The number of pyridine rings is 1. The molecule has 0 saturated heterocycles. The van der Waals surface area contributed by atoms with Gasteiger partial charge >= 0.3 is 0 Å². The Balaban J connectivity index is 1.95. The van der Waals surface area contributed by atoms with Gasteiger partial charge in [-0.05, 0) is 61.0 Å². The van der Waals surface area contributed by atoms with Crippen LogP contribution < -0.4 is 5.32 Å². The van der Waals surface area contributed by atoms with Gasteiger partial charge in [-0.2, -0.15) is 0 Å². The highest BCUT2D eigenvalue weighted by Crippen LogP contribution is 2.18. The molecule has 0 bridgehead atoms. The SMILES string of the molecule is Cc1ccc(CN(CC(=O)Nc2ccc(Br)cn2)C(C)C)s1. The summed E-state index contributed by atoms with van der Waals surface area (Å²) in [6, 6.07) is 8.18. The van der Waals surface area contributed by atoms with Gasteiger partial charge in [0, 0.05) is 33.0 Å². The second-order valence-corrected chi connectivity index (χ2v) is 7.71. The number of amides is 1. The third-order valence-electron chi connectivity index (χ3n) is 3.23. The van der Waals surface area contributed by atoms with E-state index in [0.717, 1.165) is 11.0 Å². The van der Waals surface area contributed by atoms with E-state index in [4.69, 9.17) is 0 Å². The maximum Gasteiger partial charge on any atom is 0.239 e. The van der Waals surface area contributed by atoms with Crippen molar-refractivity contribution in [3.8, 4) is 0 Å². The summed E-state index contributed by atoms with van der Waals surface area (Å²) in [4.78, 5) is 21.1. The summed E-state index contributed by atoms with van der Waals surface area (Å²) in [5, 5.41) is 2.84. The number of nitrogens with one attached hydrogen (secondary N) is 1. The van der Waals surface area contributed by atoms with Crippen LogP contribution in [-0.4, -0.2) is 28.4 Å². The molecular weight excluding hydrogens is 362 g/mol. The number of anilines is 1. The van der Waals surface area contributed by atoms with E-state index in [9.17, 15) is 4.79 Å². The molecule has 0 aliphatic heterocycles. The third kappa shape index (κ3) is 5.19. The van der Waals surface area contributed by atoms with E-state index < -0.39 is 0 Å². The van der Waals surface area contributed by atoms with E-state index in [-0.39, 0.29) is 5.91 Å². The predicted octanol–water partition coefficient (Wildman–Crippen LogP) is 4.06. The smallest absolute Gasteiger partial charge is 0.239 e. The Morgan fingerprint density at radius 1 is 1.36 bits per heavy atom. The number of hydrogen-bond donors (Lipinski definition) is 1. The summed E-state index contributed by atoms with van der Waals surface area (Å²) < 4.78 is 0.891. The molecule has 2 aromatic heterocycles. The molecule has 0 aliphatic carbocycles. The van der Waals surface area contributed by atoms with Gasteiger partial charge in [0.2, 0.25) is 5.91 Å². The standard InChI is InChI=1S/C16H20BrN3OS/c1-11(2)20(9-14-6-4-12(3)22-14)10-16(21)19-15-7-5-13(17)8-18-15/h4-8,11H,9-10H2,1-3H3,(H,18,19,21). The van der Waals surface area contributed by atoms with E-state index in [1.807, 2.05) is 6.07 Å². The van der Waals surface area contributed by atoms with E-state index in [1.165, 1.54) is 9.75 Å². The molecule has 0 unspecified atom stereocenters. The molecule has 2 rings (SSSR count). The lowest BCUT2D eigenvalue weighted by Gasteiger charge is -2.25. The quantitative estimate of drug-likeness (QED) is 0.820. The van der Waals surface area contributed by atoms with E-state index in [0.29, 0.717) is 18.4 Å². The van der Waals surface area contributed by atoms with Gasteiger partial charge in [-0.3, -0.25) is 9.69 Å². The largest absolute Gasteiger partial charge is 0.310 e. The van der Waals surface area contributed by atoms with Gasteiger partial charge in [0.05, 0.1) is 6.54 Å². The summed E-state index contributed by atoms with van der Waals surface area (Å²) in [6.07, 6.45) is 1.67. The van der Waals surface area contributed by atoms with Gasteiger partial charge < -0.3 is 5.32 Å². The number of carbonyl (C=O) groups excluding carboxylic acids is 1. The number of carbonyl (C=O) groups is 1. The molecule has 4 nitrogen and oxygen atoms in total. The number of hydrogen-bond acceptors (Lipinski definition) is 4. The molecule has 0 fully saturated rings. The Morgan fingerprint density at radius 3 is 2.68 bits per heavy atom. The molecule has 2 heterocycles. The average molecular weight is 382 g/mol. The number of rotatable bonds is 6. The minimum absolute atomic E-state index is 0.0446. The van der Waals surface area contributed by atoms with Crippen molar-refractivity contribution in [3.05, 3.63) is 44.7 Å². The van der Waals surface area contributed by atoms with Crippen LogP contribution in [0.15, 0.2) is 34.9 Å². The summed E-state index contributed by atoms with van der Waals surface area (Å²) in [6.45, 7) is 7.45. The van der Waals surface area contributed by atoms with Crippen molar-refractivity contribution in [1.29, 1.82) is 0 Å². The van der Waals surface area contributed by atoms with Crippen molar-refractivity contribution < 1.29 is 4.79 Å². The molecule has 0 aromatic carbocycles. The van der Waals surface area contributed by atoms with Crippen LogP contribution in [0, 0.1) is 6.92 Å². The highest BCUT2D eigenvalue weighted by molar-refractivity contribution is 9.10. The molecule has 0 spiro atoms. The lowest BCUT2D eigenvalue weighted by Crippen LogP contribution is -2.37. The van der Waals surface area contributed by atoms with Crippen LogP contribution in [0.1, 0.15) is 23.6 Å². The van der Waals surface area contributed by atoms with Crippen LogP contribution in [0.5, 0.6) is 0 Å². The lowest BCUT2D eigenvalue weighted by atomic mass is 10.3. The second-order valence-electron chi connectivity index (χ2n) is 5.42. The van der Waals surface area contributed by atoms with Crippen LogP contribution in [0.3, 0.4) is 0 Å².